The van der Waals surface area contributed by atoms with Gasteiger partial charge >= 0.3 is 5.97 Å². The number of carbonyl (C=O) groups excluding carboxylic acids is 2. The van der Waals surface area contributed by atoms with Crippen LogP contribution in [0.25, 0.3) is 0 Å². The molecule has 0 atom stereocenters. The van der Waals surface area contributed by atoms with Crippen molar-refractivity contribution in [3.8, 4) is 5.75 Å². The van der Waals surface area contributed by atoms with Crippen molar-refractivity contribution in [3.63, 3.8) is 0 Å². The Morgan fingerprint density at radius 3 is 2.03 bits per heavy atom. The van der Waals surface area contributed by atoms with Crippen molar-refractivity contribution in [2.45, 2.75) is 96.8 Å². The van der Waals surface area contributed by atoms with Crippen LogP contribution in [-0.2, 0) is 4.79 Å². The van der Waals surface area contributed by atoms with E-state index in [1.165, 1.54) is 76.8 Å². The molecule has 0 aromatic heterocycles. The summed E-state index contributed by atoms with van der Waals surface area (Å²) in [5.41, 5.74) is 3.64. The summed E-state index contributed by atoms with van der Waals surface area (Å²) in [7, 11) is 0. The molecule has 1 amide bonds. The first-order valence-corrected chi connectivity index (χ1v) is 14.3. The fourth-order valence-electron chi connectivity index (χ4n) is 3.98. The summed E-state index contributed by atoms with van der Waals surface area (Å²) in [6, 6.07) is 14.1. The van der Waals surface area contributed by atoms with Crippen LogP contribution < -0.4 is 10.2 Å². The van der Waals surface area contributed by atoms with Crippen LogP contribution in [0.5, 0.6) is 5.75 Å². The lowest BCUT2D eigenvalue weighted by atomic mass is 10.0. The van der Waals surface area contributed by atoms with Gasteiger partial charge in [0.25, 0.3) is 0 Å². The maximum atomic E-state index is 12.4. The molecule has 6 heteroatoms. The summed E-state index contributed by atoms with van der Waals surface area (Å²) in [5, 5.41) is 4.07. The maximum Gasteiger partial charge on any atom is 0.343 e. The lowest BCUT2D eigenvalue weighted by molar-refractivity contribution is -0.121. The van der Waals surface area contributed by atoms with Gasteiger partial charge in [-0.3, -0.25) is 4.79 Å². The predicted octanol–water partition coefficient (Wildman–Crippen LogP) is 8.60. The van der Waals surface area contributed by atoms with E-state index in [4.69, 9.17) is 4.74 Å². The molecule has 0 saturated heterocycles. The van der Waals surface area contributed by atoms with E-state index < -0.39 is 5.97 Å². The standard InChI is InChI=1S/C30H41BrN2O3/c1-2-3-4-5-6-7-8-9-10-11-12-13-17-20-29(34)33-32-24-26-23-27(31)21-22-28(26)36-30(35)25-18-15-14-16-19-25/h14-16,18-19,21-24H,2-13,17,20H2,1H3,(H,33,34). The number of amides is 1. The molecule has 0 unspecified atom stereocenters. The average molecular weight is 558 g/mol. The number of ether oxygens (including phenoxy) is 1. The number of nitrogens with one attached hydrogen (secondary N) is 1. The van der Waals surface area contributed by atoms with Crippen molar-refractivity contribution < 1.29 is 14.3 Å². The smallest absolute Gasteiger partial charge is 0.343 e. The van der Waals surface area contributed by atoms with Gasteiger partial charge in [-0.05, 0) is 36.8 Å². The highest BCUT2D eigenvalue weighted by Gasteiger charge is 2.11. The molecule has 0 aliphatic rings. The molecule has 2 rings (SSSR count). The molecule has 2 aromatic rings. The van der Waals surface area contributed by atoms with Crippen LogP contribution in [-0.4, -0.2) is 18.1 Å². The number of hydrogen-bond acceptors (Lipinski definition) is 4. The first kappa shape index (κ1) is 29.8. The van der Waals surface area contributed by atoms with Gasteiger partial charge in [-0.2, -0.15) is 5.10 Å². The van der Waals surface area contributed by atoms with Gasteiger partial charge in [0.2, 0.25) is 5.91 Å². The third kappa shape index (κ3) is 13.0. The van der Waals surface area contributed by atoms with Crippen LogP contribution in [0.2, 0.25) is 0 Å². The normalized spacial score (nSPS) is 11.1. The molecule has 0 radical (unpaired) electrons. The van der Waals surface area contributed by atoms with Gasteiger partial charge in [0.05, 0.1) is 11.8 Å². The lowest BCUT2D eigenvalue weighted by Crippen LogP contribution is -2.17. The second-order valence-electron chi connectivity index (χ2n) is 9.22. The third-order valence-corrected chi connectivity index (χ3v) is 6.58. The number of halogens is 1. The minimum absolute atomic E-state index is 0.104. The van der Waals surface area contributed by atoms with Crippen LogP contribution in [0, 0.1) is 0 Å². The Kier molecular flexibility index (Phi) is 15.5. The Balaban J connectivity index is 1.60. The fourth-order valence-corrected chi connectivity index (χ4v) is 4.36. The van der Waals surface area contributed by atoms with Crippen molar-refractivity contribution in [3.05, 3.63) is 64.1 Å². The number of hydrazone groups is 1. The highest BCUT2D eigenvalue weighted by molar-refractivity contribution is 9.10. The summed E-state index contributed by atoms with van der Waals surface area (Å²) in [5.74, 6) is -0.173. The Hall–Kier alpha value is -2.47. The number of esters is 1. The molecular weight excluding hydrogens is 516 g/mol. The van der Waals surface area contributed by atoms with E-state index in [1.807, 2.05) is 6.07 Å². The van der Waals surface area contributed by atoms with Crippen LogP contribution in [0.1, 0.15) is 113 Å². The average Bonchev–Trinajstić information content (AvgIpc) is 2.88. The van der Waals surface area contributed by atoms with E-state index in [0.717, 1.165) is 17.3 Å². The van der Waals surface area contributed by atoms with Crippen LogP contribution in [0.3, 0.4) is 0 Å². The largest absolute Gasteiger partial charge is 0.422 e. The molecular formula is C30H41BrN2O3. The number of carbonyl (C=O) groups is 2. The Bertz CT molecular complexity index is 931. The SMILES string of the molecule is CCCCCCCCCCCCCCCC(=O)NN=Cc1cc(Br)ccc1OC(=O)c1ccccc1. The number of benzene rings is 2. The zero-order chi connectivity index (χ0) is 25.8. The summed E-state index contributed by atoms with van der Waals surface area (Å²) in [4.78, 5) is 24.5. The third-order valence-electron chi connectivity index (χ3n) is 6.08. The van der Waals surface area contributed by atoms with E-state index in [1.54, 1.807) is 42.5 Å². The first-order chi connectivity index (χ1) is 17.6. The minimum Gasteiger partial charge on any atom is -0.422 e. The molecule has 1 N–H and O–H groups in total. The van der Waals surface area contributed by atoms with E-state index in [9.17, 15) is 9.59 Å². The zero-order valence-electron chi connectivity index (χ0n) is 21.6. The van der Waals surface area contributed by atoms with Gasteiger partial charge in [-0.1, -0.05) is 118 Å². The van der Waals surface area contributed by atoms with Crippen molar-refractivity contribution >= 4 is 34.0 Å². The summed E-state index contributed by atoms with van der Waals surface area (Å²) >= 11 is 3.42. The molecule has 36 heavy (non-hydrogen) atoms. The quantitative estimate of drug-likeness (QED) is 0.0656. The summed E-state index contributed by atoms with van der Waals surface area (Å²) in [6.07, 6.45) is 18.6. The van der Waals surface area contributed by atoms with Crippen molar-refractivity contribution in [1.82, 2.24) is 5.43 Å². The summed E-state index contributed by atoms with van der Waals surface area (Å²) in [6.45, 7) is 2.26. The number of nitrogens with zero attached hydrogens (tertiary/aromatic N) is 1. The van der Waals surface area contributed by atoms with E-state index in [-0.39, 0.29) is 5.91 Å². The topological polar surface area (TPSA) is 67.8 Å². The lowest BCUT2D eigenvalue weighted by Gasteiger charge is -2.08. The Morgan fingerprint density at radius 1 is 0.833 bits per heavy atom. The van der Waals surface area contributed by atoms with E-state index >= 15 is 0 Å². The molecule has 0 heterocycles. The van der Waals surface area contributed by atoms with E-state index in [2.05, 4.69) is 33.4 Å². The van der Waals surface area contributed by atoms with Crippen LogP contribution in [0.4, 0.5) is 0 Å². The fraction of sp³-hybridized carbons (Fsp3) is 0.500. The maximum absolute atomic E-state index is 12.4. The molecule has 0 aliphatic heterocycles. The second-order valence-corrected chi connectivity index (χ2v) is 10.1. The van der Waals surface area contributed by atoms with Gasteiger partial charge < -0.3 is 4.74 Å². The summed E-state index contributed by atoms with van der Waals surface area (Å²) < 4.78 is 6.35. The van der Waals surface area contributed by atoms with Gasteiger partial charge in [0, 0.05) is 16.5 Å². The van der Waals surface area contributed by atoms with E-state index in [0.29, 0.717) is 23.3 Å². The molecule has 0 spiro atoms. The Labute approximate surface area is 225 Å². The number of rotatable bonds is 18. The van der Waals surface area contributed by atoms with Crippen molar-refractivity contribution in [2.24, 2.45) is 5.10 Å². The Morgan fingerprint density at radius 2 is 1.42 bits per heavy atom. The number of hydrogen-bond donors (Lipinski definition) is 1. The van der Waals surface area contributed by atoms with Crippen molar-refractivity contribution in [2.75, 3.05) is 0 Å². The second kappa shape index (κ2) is 18.8. The first-order valence-electron chi connectivity index (χ1n) is 13.5. The van der Waals surface area contributed by atoms with Gasteiger partial charge in [-0.15, -0.1) is 0 Å². The zero-order valence-corrected chi connectivity index (χ0v) is 23.2. The molecule has 0 aliphatic carbocycles. The molecule has 5 nitrogen and oxygen atoms in total. The van der Waals surface area contributed by atoms with Crippen LogP contribution >= 0.6 is 15.9 Å². The van der Waals surface area contributed by atoms with Gasteiger partial charge in [-0.25, -0.2) is 10.2 Å². The highest BCUT2D eigenvalue weighted by Crippen LogP contribution is 2.23. The number of unbranched alkanes of at least 4 members (excludes halogenated alkanes) is 12. The highest BCUT2D eigenvalue weighted by atomic mass is 79.9. The minimum atomic E-state index is -0.445. The van der Waals surface area contributed by atoms with Crippen molar-refractivity contribution in [1.29, 1.82) is 0 Å². The van der Waals surface area contributed by atoms with Crippen LogP contribution in [0.15, 0.2) is 58.1 Å². The molecule has 0 bridgehead atoms. The predicted molar refractivity (Wildman–Crippen MR) is 152 cm³/mol. The van der Waals surface area contributed by atoms with Gasteiger partial charge in [0.1, 0.15) is 5.75 Å². The van der Waals surface area contributed by atoms with Gasteiger partial charge in [0.15, 0.2) is 0 Å². The molecule has 0 fully saturated rings. The monoisotopic (exact) mass is 556 g/mol. The molecule has 0 saturated carbocycles. The molecule has 196 valence electrons. The molecule has 2 aromatic carbocycles.